The Morgan fingerprint density at radius 3 is 2.52 bits per heavy atom. The monoisotopic (exact) mass is 544 g/mol. The number of anilines is 1. The van der Waals surface area contributed by atoms with Crippen molar-refractivity contribution < 1.29 is 4.74 Å². The summed E-state index contributed by atoms with van der Waals surface area (Å²) in [5, 5.41) is 3.84. The van der Waals surface area contributed by atoms with Crippen molar-refractivity contribution in [2.75, 3.05) is 25.5 Å². The van der Waals surface area contributed by atoms with E-state index in [4.69, 9.17) is 19.7 Å². The van der Waals surface area contributed by atoms with Crippen LogP contribution in [0, 0.1) is 5.92 Å². The van der Waals surface area contributed by atoms with Crippen LogP contribution in [0.2, 0.25) is 0 Å². The van der Waals surface area contributed by atoms with Crippen LogP contribution < -0.4 is 10.1 Å². The number of hydrogen-bond acceptors (Lipinski definition) is 6. The fourth-order valence-electron chi connectivity index (χ4n) is 7.27. The van der Waals surface area contributed by atoms with Gasteiger partial charge in [-0.15, -0.1) is 0 Å². The van der Waals surface area contributed by atoms with Crippen LogP contribution in [0.1, 0.15) is 107 Å². The minimum atomic E-state index is 0.412. The van der Waals surface area contributed by atoms with Crippen molar-refractivity contribution in [2.45, 2.75) is 115 Å². The summed E-state index contributed by atoms with van der Waals surface area (Å²) in [5.74, 6) is 3.83. The number of piperidine rings is 1. The first-order valence-electron chi connectivity index (χ1n) is 16.1. The number of nitrogens with zero attached hydrogens (tertiary/aromatic N) is 5. The lowest BCUT2D eigenvalue weighted by molar-refractivity contribution is 0.211. The summed E-state index contributed by atoms with van der Waals surface area (Å²) in [7, 11) is 1.74. The lowest BCUT2D eigenvalue weighted by Crippen LogP contribution is -2.38. The highest BCUT2D eigenvalue weighted by molar-refractivity contribution is 5.83. The molecule has 0 spiro atoms. The van der Waals surface area contributed by atoms with Gasteiger partial charge in [-0.2, -0.15) is 0 Å². The Labute approximate surface area is 240 Å². The molecule has 3 aliphatic rings. The predicted molar refractivity (Wildman–Crippen MR) is 162 cm³/mol. The Morgan fingerprint density at radius 1 is 0.925 bits per heavy atom. The zero-order chi connectivity index (χ0) is 27.1. The van der Waals surface area contributed by atoms with E-state index in [-0.39, 0.29) is 0 Å². The zero-order valence-electron chi connectivity index (χ0n) is 24.5. The Morgan fingerprint density at radius 2 is 1.73 bits per heavy atom. The Bertz CT molecular complexity index is 1220. The Balaban J connectivity index is 1.11. The van der Waals surface area contributed by atoms with E-state index in [1.165, 1.54) is 82.6 Å². The lowest BCUT2D eigenvalue weighted by atomic mass is 9.85. The molecule has 0 unspecified atom stereocenters. The van der Waals surface area contributed by atoms with Crippen LogP contribution in [0.3, 0.4) is 0 Å². The van der Waals surface area contributed by atoms with E-state index < -0.39 is 0 Å². The van der Waals surface area contributed by atoms with Crippen molar-refractivity contribution in [2.24, 2.45) is 5.92 Å². The number of ether oxygens (including phenoxy) is 1. The number of unbranched alkanes of at least 4 members (excludes halogenated alkanes) is 1. The normalized spacial score (nSPS) is 19.9. The molecule has 0 bridgehead atoms. The predicted octanol–water partition coefficient (Wildman–Crippen LogP) is 7.32. The molecule has 2 saturated carbocycles. The van der Waals surface area contributed by atoms with Crippen molar-refractivity contribution in [1.29, 1.82) is 0 Å². The standard InChI is InChI=1S/C33H48N6O/c1-40-29-16-9-13-26(22-29)23-38-20-18-27(19-21-38)35-32-31-33(39(24-34-31)28-14-6-7-15-28)37-30(36-32)17-8-5-12-25-10-3-2-4-11-25/h9,13,16,22,24-25,27-28H,2-8,10-12,14-15,17-21,23H2,1H3,(H,35,36,37). The molecule has 1 aromatic carbocycles. The largest absolute Gasteiger partial charge is 0.497 e. The van der Waals surface area contributed by atoms with Gasteiger partial charge in [0, 0.05) is 38.1 Å². The maximum Gasteiger partial charge on any atom is 0.166 e. The van der Waals surface area contributed by atoms with Crippen molar-refractivity contribution in [1.82, 2.24) is 24.4 Å². The van der Waals surface area contributed by atoms with E-state index in [2.05, 4.69) is 33.0 Å². The molecule has 1 saturated heterocycles. The van der Waals surface area contributed by atoms with E-state index in [9.17, 15) is 0 Å². The maximum absolute atomic E-state index is 5.42. The highest BCUT2D eigenvalue weighted by Gasteiger charge is 2.25. The molecule has 2 aliphatic carbocycles. The molecule has 0 amide bonds. The van der Waals surface area contributed by atoms with Crippen LogP contribution in [-0.2, 0) is 13.0 Å². The van der Waals surface area contributed by atoms with Gasteiger partial charge in [0.15, 0.2) is 11.5 Å². The molecule has 7 nitrogen and oxygen atoms in total. The van der Waals surface area contributed by atoms with Gasteiger partial charge >= 0.3 is 0 Å². The van der Waals surface area contributed by atoms with E-state index in [0.29, 0.717) is 12.1 Å². The second-order valence-electron chi connectivity index (χ2n) is 12.5. The van der Waals surface area contributed by atoms with Crippen LogP contribution in [0.4, 0.5) is 5.82 Å². The molecule has 2 aromatic heterocycles. The van der Waals surface area contributed by atoms with Gasteiger partial charge in [0.25, 0.3) is 0 Å². The molecule has 3 aromatic rings. The summed E-state index contributed by atoms with van der Waals surface area (Å²) in [6.45, 7) is 3.12. The average molecular weight is 545 g/mol. The van der Waals surface area contributed by atoms with Gasteiger partial charge in [-0.25, -0.2) is 15.0 Å². The lowest BCUT2D eigenvalue weighted by Gasteiger charge is -2.32. The molecule has 1 aliphatic heterocycles. The molecule has 7 heteroatoms. The Kier molecular flexibility index (Phi) is 9.16. The topological polar surface area (TPSA) is 68.1 Å². The highest BCUT2D eigenvalue weighted by atomic mass is 16.5. The second-order valence-corrected chi connectivity index (χ2v) is 12.5. The van der Waals surface area contributed by atoms with Gasteiger partial charge in [0.05, 0.1) is 13.4 Å². The fraction of sp³-hybridized carbons (Fsp3) is 0.667. The molecule has 40 heavy (non-hydrogen) atoms. The first kappa shape index (κ1) is 27.5. The van der Waals surface area contributed by atoms with Crippen LogP contribution in [0.15, 0.2) is 30.6 Å². The third kappa shape index (κ3) is 6.79. The third-order valence-electron chi connectivity index (χ3n) is 9.64. The highest BCUT2D eigenvalue weighted by Crippen LogP contribution is 2.33. The minimum absolute atomic E-state index is 0.412. The van der Waals surface area contributed by atoms with Crippen LogP contribution >= 0.6 is 0 Å². The second kappa shape index (κ2) is 13.3. The summed E-state index contributed by atoms with van der Waals surface area (Å²) in [5.41, 5.74) is 3.31. The number of fused-ring (bicyclic) bond motifs is 1. The van der Waals surface area contributed by atoms with E-state index in [0.717, 1.165) is 73.4 Å². The molecule has 0 atom stereocenters. The van der Waals surface area contributed by atoms with Gasteiger partial charge < -0.3 is 14.6 Å². The fourth-order valence-corrected chi connectivity index (χ4v) is 7.27. The molecule has 216 valence electrons. The SMILES string of the molecule is COc1cccc(CN2CCC(Nc3nc(CCCCC4CCCCC4)nc4c3ncn4C3CCCC3)CC2)c1. The molecule has 1 N–H and O–H groups in total. The number of nitrogens with one attached hydrogen (secondary N) is 1. The molecular formula is C33H48N6O. The Hall–Kier alpha value is -2.67. The number of hydrogen-bond donors (Lipinski definition) is 1. The molecule has 0 radical (unpaired) electrons. The van der Waals surface area contributed by atoms with Gasteiger partial charge in [-0.3, -0.25) is 4.90 Å². The minimum Gasteiger partial charge on any atom is -0.497 e. The zero-order valence-corrected chi connectivity index (χ0v) is 24.5. The smallest absolute Gasteiger partial charge is 0.166 e. The van der Waals surface area contributed by atoms with Gasteiger partial charge in [0.2, 0.25) is 0 Å². The quantitative estimate of drug-likeness (QED) is 0.255. The first-order chi connectivity index (χ1) is 19.7. The average Bonchev–Trinajstić information content (AvgIpc) is 3.68. The summed E-state index contributed by atoms with van der Waals surface area (Å²) >= 11 is 0. The van der Waals surface area contributed by atoms with Gasteiger partial charge in [-0.1, -0.05) is 69.9 Å². The molecular weight excluding hydrogens is 496 g/mol. The van der Waals surface area contributed by atoms with E-state index >= 15 is 0 Å². The summed E-state index contributed by atoms with van der Waals surface area (Å²) in [4.78, 5) is 17.6. The summed E-state index contributed by atoms with van der Waals surface area (Å²) in [6, 6.07) is 9.39. The number of likely N-dealkylation sites (tertiary alicyclic amines) is 1. The van der Waals surface area contributed by atoms with Crippen LogP contribution in [-0.4, -0.2) is 50.7 Å². The number of aryl methyl sites for hydroxylation is 1. The van der Waals surface area contributed by atoms with E-state index in [1.807, 2.05) is 12.4 Å². The van der Waals surface area contributed by atoms with Crippen LogP contribution in [0.25, 0.3) is 11.2 Å². The van der Waals surface area contributed by atoms with E-state index in [1.54, 1.807) is 7.11 Å². The van der Waals surface area contributed by atoms with Crippen LogP contribution in [0.5, 0.6) is 5.75 Å². The van der Waals surface area contributed by atoms with Crippen molar-refractivity contribution in [3.63, 3.8) is 0 Å². The maximum atomic E-state index is 5.42. The van der Waals surface area contributed by atoms with Gasteiger partial charge in [-0.05, 0) is 55.7 Å². The molecule has 3 heterocycles. The first-order valence-corrected chi connectivity index (χ1v) is 16.1. The number of methoxy groups -OCH3 is 1. The van der Waals surface area contributed by atoms with Crippen molar-refractivity contribution >= 4 is 17.0 Å². The number of imidazole rings is 1. The number of benzene rings is 1. The van der Waals surface area contributed by atoms with Gasteiger partial charge in [0.1, 0.15) is 17.1 Å². The van der Waals surface area contributed by atoms with Crippen molar-refractivity contribution in [3.05, 3.63) is 42.0 Å². The number of rotatable bonds is 11. The van der Waals surface area contributed by atoms with Crippen molar-refractivity contribution in [3.8, 4) is 5.75 Å². The molecule has 3 fully saturated rings. The summed E-state index contributed by atoms with van der Waals surface area (Å²) in [6.07, 6.45) is 21.3. The number of aromatic nitrogens is 4. The third-order valence-corrected chi connectivity index (χ3v) is 9.64. The summed E-state index contributed by atoms with van der Waals surface area (Å²) < 4.78 is 7.78. The molecule has 6 rings (SSSR count).